The van der Waals surface area contributed by atoms with Crippen molar-refractivity contribution in [3.63, 3.8) is 0 Å². The SMILES string of the molecule is CC(C)(C)C(=O)Nc1ccc(C(=O)N/N=C\c2ccc(Br)o2)cc1. The molecule has 7 heteroatoms. The van der Waals surface area contributed by atoms with E-state index in [4.69, 9.17) is 4.42 Å². The first kappa shape index (κ1) is 17.9. The van der Waals surface area contributed by atoms with E-state index in [9.17, 15) is 9.59 Å². The molecule has 2 rings (SSSR count). The fourth-order valence-electron chi connectivity index (χ4n) is 1.64. The molecule has 126 valence electrons. The summed E-state index contributed by atoms with van der Waals surface area (Å²) in [6.07, 6.45) is 1.40. The maximum atomic E-state index is 12.0. The monoisotopic (exact) mass is 391 g/mol. The van der Waals surface area contributed by atoms with Crippen LogP contribution in [0.3, 0.4) is 0 Å². The highest BCUT2D eigenvalue weighted by atomic mass is 79.9. The first-order chi connectivity index (χ1) is 11.3. The molecular formula is C17H18BrN3O3. The lowest BCUT2D eigenvalue weighted by atomic mass is 9.95. The summed E-state index contributed by atoms with van der Waals surface area (Å²) in [5.41, 5.74) is 3.00. The minimum Gasteiger partial charge on any atom is -0.448 e. The first-order valence-electron chi connectivity index (χ1n) is 7.26. The molecule has 24 heavy (non-hydrogen) atoms. The zero-order valence-corrected chi connectivity index (χ0v) is 15.2. The third kappa shape index (κ3) is 5.06. The quantitative estimate of drug-likeness (QED) is 0.614. The molecule has 0 aliphatic rings. The van der Waals surface area contributed by atoms with Crippen molar-refractivity contribution in [2.45, 2.75) is 20.8 Å². The van der Waals surface area contributed by atoms with Gasteiger partial charge in [0.05, 0.1) is 6.21 Å². The van der Waals surface area contributed by atoms with Crippen LogP contribution in [0, 0.1) is 5.41 Å². The highest BCUT2D eigenvalue weighted by Crippen LogP contribution is 2.17. The van der Waals surface area contributed by atoms with E-state index in [1.165, 1.54) is 6.21 Å². The molecule has 2 N–H and O–H groups in total. The van der Waals surface area contributed by atoms with Gasteiger partial charge in [0.15, 0.2) is 4.67 Å². The van der Waals surface area contributed by atoms with Gasteiger partial charge in [-0.2, -0.15) is 5.10 Å². The Morgan fingerprint density at radius 2 is 1.79 bits per heavy atom. The van der Waals surface area contributed by atoms with Crippen LogP contribution in [0.4, 0.5) is 5.69 Å². The van der Waals surface area contributed by atoms with Crippen molar-refractivity contribution in [2.24, 2.45) is 10.5 Å². The number of halogens is 1. The molecule has 0 saturated heterocycles. The minimum atomic E-state index is -0.481. The number of hydrogen-bond acceptors (Lipinski definition) is 4. The fourth-order valence-corrected chi connectivity index (χ4v) is 1.96. The second-order valence-corrected chi connectivity index (χ2v) is 6.90. The summed E-state index contributed by atoms with van der Waals surface area (Å²) in [6.45, 7) is 5.50. The molecule has 2 amide bonds. The smallest absolute Gasteiger partial charge is 0.271 e. The van der Waals surface area contributed by atoms with Crippen LogP contribution in [-0.4, -0.2) is 18.0 Å². The van der Waals surface area contributed by atoms with Crippen LogP contribution in [0.5, 0.6) is 0 Å². The molecule has 0 aliphatic carbocycles. The van der Waals surface area contributed by atoms with Crippen LogP contribution in [0.25, 0.3) is 0 Å². The van der Waals surface area contributed by atoms with Crippen molar-refractivity contribution < 1.29 is 14.0 Å². The number of amides is 2. The molecule has 0 atom stereocenters. The number of hydrazone groups is 1. The largest absolute Gasteiger partial charge is 0.448 e. The van der Waals surface area contributed by atoms with E-state index in [-0.39, 0.29) is 11.8 Å². The summed E-state index contributed by atoms with van der Waals surface area (Å²) in [6, 6.07) is 10.0. The molecule has 1 aromatic carbocycles. The van der Waals surface area contributed by atoms with E-state index in [2.05, 4.69) is 31.8 Å². The number of rotatable bonds is 4. The molecule has 0 aliphatic heterocycles. The van der Waals surface area contributed by atoms with Gasteiger partial charge in [-0.15, -0.1) is 0 Å². The Balaban J connectivity index is 1.93. The Hall–Kier alpha value is -2.41. The van der Waals surface area contributed by atoms with Crippen LogP contribution in [0.15, 0.2) is 50.6 Å². The third-order valence-corrected chi connectivity index (χ3v) is 3.46. The Morgan fingerprint density at radius 3 is 2.33 bits per heavy atom. The van der Waals surface area contributed by atoms with Crippen molar-refractivity contribution in [1.29, 1.82) is 0 Å². The minimum absolute atomic E-state index is 0.0890. The zero-order valence-electron chi connectivity index (χ0n) is 13.6. The summed E-state index contributed by atoms with van der Waals surface area (Å²) >= 11 is 3.18. The molecule has 0 spiro atoms. The number of nitrogens with one attached hydrogen (secondary N) is 2. The summed E-state index contributed by atoms with van der Waals surface area (Å²) < 4.78 is 5.81. The van der Waals surface area contributed by atoms with E-state index in [0.29, 0.717) is 21.7 Å². The fraction of sp³-hybridized carbons (Fsp3) is 0.235. The zero-order chi connectivity index (χ0) is 17.7. The van der Waals surface area contributed by atoms with Gasteiger partial charge < -0.3 is 9.73 Å². The lowest BCUT2D eigenvalue weighted by Gasteiger charge is -2.17. The summed E-state index contributed by atoms with van der Waals surface area (Å²) in [5, 5.41) is 6.62. The second kappa shape index (κ2) is 7.44. The molecule has 6 nitrogen and oxygen atoms in total. The average Bonchev–Trinajstić information content (AvgIpc) is 2.92. The second-order valence-electron chi connectivity index (χ2n) is 6.12. The van der Waals surface area contributed by atoms with Gasteiger partial charge in [0.25, 0.3) is 5.91 Å². The molecule has 0 radical (unpaired) electrons. The van der Waals surface area contributed by atoms with Gasteiger partial charge in [0, 0.05) is 16.7 Å². The number of carbonyl (C=O) groups excluding carboxylic acids is 2. The van der Waals surface area contributed by atoms with Gasteiger partial charge in [-0.1, -0.05) is 20.8 Å². The number of furan rings is 1. The van der Waals surface area contributed by atoms with Gasteiger partial charge in [-0.3, -0.25) is 9.59 Å². The van der Waals surface area contributed by atoms with Crippen molar-refractivity contribution in [1.82, 2.24) is 5.43 Å². The lowest BCUT2D eigenvalue weighted by molar-refractivity contribution is -0.123. The van der Waals surface area contributed by atoms with Gasteiger partial charge in [0.1, 0.15) is 5.76 Å². The van der Waals surface area contributed by atoms with E-state index < -0.39 is 5.41 Å². The number of benzene rings is 1. The van der Waals surface area contributed by atoms with Gasteiger partial charge in [-0.05, 0) is 52.3 Å². The normalized spacial score (nSPS) is 11.5. The number of nitrogens with zero attached hydrogens (tertiary/aromatic N) is 1. The molecule has 0 unspecified atom stereocenters. The van der Waals surface area contributed by atoms with E-state index >= 15 is 0 Å². The maximum Gasteiger partial charge on any atom is 0.271 e. The average molecular weight is 392 g/mol. The predicted molar refractivity (Wildman–Crippen MR) is 96.0 cm³/mol. The standard InChI is InChI=1S/C17H18BrN3O3/c1-17(2,3)16(23)20-12-6-4-11(5-7-12)15(22)21-19-10-13-8-9-14(18)24-13/h4-10H,1-3H3,(H,20,23)(H,21,22)/b19-10-. The van der Waals surface area contributed by atoms with Crippen molar-refractivity contribution >= 4 is 39.6 Å². The molecule has 1 heterocycles. The highest BCUT2D eigenvalue weighted by molar-refractivity contribution is 9.10. The number of carbonyl (C=O) groups is 2. The molecule has 1 aromatic heterocycles. The Morgan fingerprint density at radius 1 is 1.12 bits per heavy atom. The van der Waals surface area contributed by atoms with E-state index in [1.54, 1.807) is 36.4 Å². The Bertz CT molecular complexity index is 758. The van der Waals surface area contributed by atoms with Gasteiger partial charge in [0.2, 0.25) is 5.91 Å². The summed E-state index contributed by atoms with van der Waals surface area (Å²) in [5.74, 6) is 0.0712. The maximum absolute atomic E-state index is 12.0. The van der Waals surface area contributed by atoms with Crippen molar-refractivity contribution in [3.05, 3.63) is 52.4 Å². The topological polar surface area (TPSA) is 83.7 Å². The summed E-state index contributed by atoms with van der Waals surface area (Å²) in [4.78, 5) is 23.9. The molecule has 0 bridgehead atoms. The Kier molecular flexibility index (Phi) is 5.56. The number of anilines is 1. The molecule has 0 saturated carbocycles. The van der Waals surface area contributed by atoms with Gasteiger partial charge >= 0.3 is 0 Å². The highest BCUT2D eigenvalue weighted by Gasteiger charge is 2.21. The number of hydrogen-bond donors (Lipinski definition) is 2. The van der Waals surface area contributed by atoms with E-state index in [1.807, 2.05) is 20.8 Å². The first-order valence-corrected chi connectivity index (χ1v) is 8.05. The lowest BCUT2D eigenvalue weighted by Crippen LogP contribution is -2.27. The van der Waals surface area contributed by atoms with Crippen LogP contribution in [0.1, 0.15) is 36.9 Å². The van der Waals surface area contributed by atoms with Crippen molar-refractivity contribution in [2.75, 3.05) is 5.32 Å². The van der Waals surface area contributed by atoms with Gasteiger partial charge in [-0.25, -0.2) is 5.43 Å². The van der Waals surface area contributed by atoms with Crippen LogP contribution in [-0.2, 0) is 4.79 Å². The van der Waals surface area contributed by atoms with Crippen LogP contribution in [0.2, 0.25) is 0 Å². The molecule has 0 fully saturated rings. The molecule has 2 aromatic rings. The van der Waals surface area contributed by atoms with Crippen LogP contribution >= 0.6 is 15.9 Å². The van der Waals surface area contributed by atoms with Crippen molar-refractivity contribution in [3.8, 4) is 0 Å². The molecular weight excluding hydrogens is 374 g/mol. The summed E-state index contributed by atoms with van der Waals surface area (Å²) in [7, 11) is 0. The Labute approximate surface area is 148 Å². The van der Waals surface area contributed by atoms with Crippen LogP contribution < -0.4 is 10.7 Å². The predicted octanol–water partition coefficient (Wildman–Crippen LogP) is 3.79. The van der Waals surface area contributed by atoms with E-state index in [0.717, 1.165) is 0 Å². The third-order valence-electron chi connectivity index (χ3n) is 3.04.